The molecule has 2 fully saturated rings. The van der Waals surface area contributed by atoms with Crippen molar-refractivity contribution < 1.29 is 26.7 Å². The fourth-order valence-corrected chi connectivity index (χ4v) is 6.23. The maximum absolute atomic E-state index is 13.3. The second-order valence-electron chi connectivity index (χ2n) is 9.46. The molecule has 13 heteroatoms. The van der Waals surface area contributed by atoms with Crippen molar-refractivity contribution in [1.29, 1.82) is 0 Å². The average Bonchev–Trinajstić information content (AvgIpc) is 3.16. The van der Waals surface area contributed by atoms with Crippen LogP contribution in [0, 0.1) is 5.92 Å². The minimum atomic E-state index is -3.05. The third kappa shape index (κ3) is 5.44. The Kier molecular flexibility index (Phi) is 7.47. The van der Waals surface area contributed by atoms with Gasteiger partial charge in [0.1, 0.15) is 21.4 Å². The average molecular weight is 546 g/mol. The largest absolute Gasteiger partial charge is 0.496 e. The summed E-state index contributed by atoms with van der Waals surface area (Å²) in [6, 6.07) is 1.57. The Morgan fingerprint density at radius 3 is 2.50 bits per heavy atom. The van der Waals surface area contributed by atoms with Crippen molar-refractivity contribution in [3.8, 4) is 17.0 Å². The van der Waals surface area contributed by atoms with Gasteiger partial charge < -0.3 is 15.0 Å². The van der Waals surface area contributed by atoms with Gasteiger partial charge in [-0.25, -0.2) is 22.2 Å². The Bertz CT molecular complexity index is 1240. The minimum Gasteiger partial charge on any atom is -0.496 e. The summed E-state index contributed by atoms with van der Waals surface area (Å²) in [4.78, 5) is 18.7. The Balaban J connectivity index is 1.49. The zero-order chi connectivity index (χ0) is 26.3. The van der Waals surface area contributed by atoms with E-state index in [0.717, 1.165) is 12.8 Å². The van der Waals surface area contributed by atoms with Crippen LogP contribution in [0.1, 0.15) is 43.1 Å². The van der Waals surface area contributed by atoms with Gasteiger partial charge in [0.2, 0.25) is 0 Å². The van der Waals surface area contributed by atoms with Gasteiger partial charge in [0.05, 0.1) is 41.7 Å². The molecule has 3 heterocycles. The normalized spacial score (nSPS) is 21.7. The number of hydrogen-bond acceptors (Lipinski definition) is 7. The van der Waals surface area contributed by atoms with Crippen molar-refractivity contribution in [3.05, 3.63) is 23.0 Å². The number of pyridine rings is 1. The molecule has 2 aliphatic rings. The molecule has 36 heavy (non-hydrogen) atoms. The van der Waals surface area contributed by atoms with Crippen LogP contribution < -0.4 is 15.0 Å². The lowest BCUT2D eigenvalue weighted by atomic mass is 9.89. The number of sulfone groups is 1. The van der Waals surface area contributed by atoms with Crippen LogP contribution in [0.25, 0.3) is 11.3 Å². The molecule has 1 aliphatic carbocycles. The number of methoxy groups -OCH3 is 1. The molecule has 0 unspecified atom stereocenters. The number of aryl methyl sites for hydroxylation is 1. The molecular weight excluding hydrogens is 516 g/mol. The van der Waals surface area contributed by atoms with Gasteiger partial charge in [0.15, 0.2) is 5.69 Å². The number of anilines is 1. The number of aromatic nitrogens is 3. The van der Waals surface area contributed by atoms with Gasteiger partial charge in [0.25, 0.3) is 11.8 Å². The molecule has 0 radical (unpaired) electrons. The molecule has 0 aromatic carbocycles. The summed E-state index contributed by atoms with van der Waals surface area (Å²) in [7, 11) is -1.59. The number of hydrogen-bond donors (Lipinski definition) is 1. The first-order valence-electron chi connectivity index (χ1n) is 11.8. The predicted molar refractivity (Wildman–Crippen MR) is 133 cm³/mol. The molecule has 1 saturated heterocycles. The lowest BCUT2D eigenvalue weighted by Gasteiger charge is -2.39. The van der Waals surface area contributed by atoms with Crippen LogP contribution in [0.2, 0.25) is 5.02 Å². The van der Waals surface area contributed by atoms with Gasteiger partial charge in [-0.15, -0.1) is 0 Å². The summed E-state index contributed by atoms with van der Waals surface area (Å²) >= 11 is 6.63. The highest BCUT2D eigenvalue weighted by atomic mass is 35.5. The molecule has 1 N–H and O–H groups in total. The number of ether oxygens (including phenoxy) is 1. The second-order valence-corrected chi connectivity index (χ2v) is 12.2. The molecule has 198 valence electrons. The molecule has 0 bridgehead atoms. The number of alkyl halides is 2. The third-order valence-corrected chi connectivity index (χ3v) is 8.90. The highest BCUT2D eigenvalue weighted by Gasteiger charge is 2.44. The van der Waals surface area contributed by atoms with E-state index in [2.05, 4.69) is 15.4 Å². The molecule has 1 aliphatic heterocycles. The number of rotatable bonds is 8. The first-order valence-corrected chi connectivity index (χ1v) is 14.2. The zero-order valence-corrected chi connectivity index (χ0v) is 22.0. The first-order chi connectivity index (χ1) is 16.9. The van der Waals surface area contributed by atoms with E-state index in [1.54, 1.807) is 10.7 Å². The van der Waals surface area contributed by atoms with Crippen LogP contribution in [0.3, 0.4) is 0 Å². The Morgan fingerprint density at radius 2 is 1.94 bits per heavy atom. The van der Waals surface area contributed by atoms with Crippen molar-refractivity contribution in [3.63, 3.8) is 0 Å². The monoisotopic (exact) mass is 545 g/mol. The number of nitrogens with one attached hydrogen (secondary N) is 1. The zero-order valence-electron chi connectivity index (χ0n) is 20.4. The smallest absolute Gasteiger partial charge is 0.282 e. The van der Waals surface area contributed by atoms with Crippen molar-refractivity contribution in [2.24, 2.45) is 5.92 Å². The fraction of sp³-hybridized carbons (Fsp3) is 0.609. The van der Waals surface area contributed by atoms with Crippen molar-refractivity contribution in [2.75, 3.05) is 37.9 Å². The molecular formula is C23H30ClF2N5O4S. The highest BCUT2D eigenvalue weighted by molar-refractivity contribution is 7.91. The summed E-state index contributed by atoms with van der Waals surface area (Å²) in [5.41, 5.74) is 1.00. The van der Waals surface area contributed by atoms with E-state index < -0.39 is 34.8 Å². The molecule has 1 saturated carbocycles. The van der Waals surface area contributed by atoms with Crippen molar-refractivity contribution in [1.82, 2.24) is 20.1 Å². The van der Waals surface area contributed by atoms with Crippen molar-refractivity contribution in [2.45, 2.75) is 50.3 Å². The van der Waals surface area contributed by atoms with E-state index in [0.29, 0.717) is 48.8 Å². The van der Waals surface area contributed by atoms with Crippen LogP contribution in [0.5, 0.6) is 5.75 Å². The van der Waals surface area contributed by atoms with E-state index in [1.165, 1.54) is 24.5 Å². The minimum absolute atomic E-state index is 0.0619. The quantitative estimate of drug-likeness (QED) is 0.541. The SMILES string of the molecule is CCn1nc(C(=O)NCC2CCC(S(C)(=O)=O)CC2)c(Cl)c1-c1cnc(N2CC(F)(F)C2)cc1OC. The number of carbonyl (C=O) groups is 1. The first kappa shape index (κ1) is 26.6. The number of nitrogens with zero attached hydrogens (tertiary/aromatic N) is 4. The van der Waals surface area contributed by atoms with Crippen LogP contribution in [-0.4, -0.2) is 73.3 Å². The van der Waals surface area contributed by atoms with Gasteiger partial charge >= 0.3 is 0 Å². The van der Waals surface area contributed by atoms with Gasteiger partial charge in [-0.05, 0) is 38.5 Å². The van der Waals surface area contributed by atoms with Gasteiger partial charge in [0, 0.05) is 31.6 Å². The molecule has 2 aromatic heterocycles. The summed E-state index contributed by atoms with van der Waals surface area (Å²) < 4.78 is 57.2. The lowest BCUT2D eigenvalue weighted by Crippen LogP contribution is -2.56. The third-order valence-electron chi connectivity index (χ3n) is 6.85. The Hall–Kier alpha value is -2.47. The number of halogens is 3. The van der Waals surface area contributed by atoms with Crippen LogP contribution in [0.15, 0.2) is 12.3 Å². The van der Waals surface area contributed by atoms with E-state index in [1.807, 2.05) is 6.92 Å². The highest BCUT2D eigenvalue weighted by Crippen LogP contribution is 2.39. The molecule has 1 amide bonds. The molecule has 0 atom stereocenters. The Morgan fingerprint density at radius 1 is 1.28 bits per heavy atom. The van der Waals surface area contributed by atoms with E-state index in [-0.39, 0.29) is 21.9 Å². The van der Waals surface area contributed by atoms with Crippen molar-refractivity contribution >= 4 is 33.2 Å². The van der Waals surface area contributed by atoms with Crippen LogP contribution in [0.4, 0.5) is 14.6 Å². The van der Waals surface area contributed by atoms with E-state index >= 15 is 0 Å². The topological polar surface area (TPSA) is 106 Å². The summed E-state index contributed by atoms with van der Waals surface area (Å²) in [5, 5.41) is 7.10. The number of amides is 1. The lowest BCUT2D eigenvalue weighted by molar-refractivity contribution is -0.0267. The predicted octanol–water partition coefficient (Wildman–Crippen LogP) is 3.42. The summed E-state index contributed by atoms with van der Waals surface area (Å²) in [5.74, 6) is -2.23. The van der Waals surface area contributed by atoms with E-state index in [9.17, 15) is 22.0 Å². The summed E-state index contributed by atoms with van der Waals surface area (Å²) in [6.07, 6.45) is 5.38. The second kappa shape index (κ2) is 10.1. The molecule has 4 rings (SSSR count). The van der Waals surface area contributed by atoms with E-state index in [4.69, 9.17) is 16.3 Å². The van der Waals surface area contributed by atoms with Gasteiger partial charge in [-0.1, -0.05) is 11.6 Å². The van der Waals surface area contributed by atoms with Gasteiger partial charge in [-0.2, -0.15) is 5.10 Å². The molecule has 9 nitrogen and oxygen atoms in total. The van der Waals surface area contributed by atoms with Gasteiger partial charge in [-0.3, -0.25) is 9.48 Å². The molecule has 2 aromatic rings. The van der Waals surface area contributed by atoms with Crippen LogP contribution in [-0.2, 0) is 16.4 Å². The Labute approximate surface area is 214 Å². The fourth-order valence-electron chi connectivity index (χ4n) is 4.78. The standard InChI is InChI=1S/C23H30ClF2N5O4S/c1-4-31-21(16-11-27-18(9-17(16)35-2)30-12-23(25,26)13-30)19(24)20(29-31)22(32)28-10-14-5-7-15(8-6-14)36(3,33)34/h9,11,14-15H,4-8,10,12-13H2,1-3H3,(H,28,32). The maximum Gasteiger partial charge on any atom is 0.282 e. The number of carbonyl (C=O) groups excluding carboxylic acids is 1. The summed E-state index contributed by atoms with van der Waals surface area (Å²) in [6.45, 7) is 1.86. The molecule has 0 spiro atoms. The van der Waals surface area contributed by atoms with Crippen LogP contribution >= 0.6 is 11.6 Å². The maximum atomic E-state index is 13.3.